The molecule has 0 aliphatic carbocycles. The summed E-state index contributed by atoms with van der Waals surface area (Å²) in [6.07, 6.45) is 9.24. The molecule has 158 valence electrons. The molecule has 3 heterocycles. The Hall–Kier alpha value is -2.35. The minimum atomic E-state index is 0.522. The molecule has 0 spiro atoms. The number of nitrogens with zero attached hydrogens (tertiary/aromatic N) is 3. The second-order valence-corrected chi connectivity index (χ2v) is 8.56. The van der Waals surface area contributed by atoms with Crippen molar-refractivity contribution in [3.05, 3.63) is 59.8 Å². The number of likely N-dealkylation sites (tertiary alicyclic amines) is 2. The molecular formula is C26H34N4. The van der Waals surface area contributed by atoms with Gasteiger partial charge in [-0.2, -0.15) is 0 Å². The second kappa shape index (κ2) is 11.2. The fourth-order valence-corrected chi connectivity index (χ4v) is 4.46. The van der Waals surface area contributed by atoms with Gasteiger partial charge in [-0.1, -0.05) is 36.5 Å². The molecule has 1 aromatic carbocycles. The highest BCUT2D eigenvalue weighted by Gasteiger charge is 2.19. The molecule has 4 nitrogen and oxygen atoms in total. The highest BCUT2D eigenvalue weighted by molar-refractivity contribution is 5.37. The topological polar surface area (TPSA) is 31.4 Å². The minimum Gasteiger partial charge on any atom is -0.367 e. The third-order valence-electron chi connectivity index (χ3n) is 6.17. The van der Waals surface area contributed by atoms with Gasteiger partial charge in [-0.05, 0) is 68.6 Å². The predicted molar refractivity (Wildman–Crippen MR) is 124 cm³/mol. The number of aromatic nitrogens is 1. The van der Waals surface area contributed by atoms with E-state index in [0.717, 1.165) is 56.8 Å². The summed E-state index contributed by atoms with van der Waals surface area (Å²) in [5.74, 6) is 7.76. The smallest absolute Gasteiger partial charge is 0.126 e. The summed E-state index contributed by atoms with van der Waals surface area (Å²) in [6.45, 7) is 6.89. The van der Waals surface area contributed by atoms with Gasteiger partial charge in [0.2, 0.25) is 0 Å². The molecule has 0 bridgehead atoms. The van der Waals surface area contributed by atoms with E-state index in [4.69, 9.17) is 0 Å². The van der Waals surface area contributed by atoms with Gasteiger partial charge in [0.1, 0.15) is 5.82 Å². The van der Waals surface area contributed by atoms with E-state index in [2.05, 4.69) is 56.2 Å². The van der Waals surface area contributed by atoms with Crippen LogP contribution in [0.5, 0.6) is 0 Å². The summed E-state index contributed by atoms with van der Waals surface area (Å²) in [7, 11) is 0. The summed E-state index contributed by atoms with van der Waals surface area (Å²) in [5.41, 5.74) is 2.52. The second-order valence-electron chi connectivity index (χ2n) is 8.56. The quantitative estimate of drug-likeness (QED) is 0.727. The molecule has 2 aromatic rings. The predicted octanol–water partition coefficient (Wildman–Crippen LogP) is 4.39. The van der Waals surface area contributed by atoms with E-state index in [1.165, 1.54) is 37.9 Å². The maximum absolute atomic E-state index is 4.39. The molecule has 0 radical (unpaired) electrons. The SMILES string of the molecule is C(#Cc1cccc(CN2CCC(Nc3ccccn3)CC2)c1)CCN1CCCCC1. The Bertz CT molecular complexity index is 825. The average molecular weight is 403 g/mol. The Morgan fingerprint density at radius 3 is 2.60 bits per heavy atom. The molecule has 2 fully saturated rings. The molecular weight excluding hydrogens is 368 g/mol. The molecule has 0 saturated carbocycles. The third-order valence-corrected chi connectivity index (χ3v) is 6.17. The Morgan fingerprint density at radius 2 is 1.80 bits per heavy atom. The molecule has 30 heavy (non-hydrogen) atoms. The highest BCUT2D eigenvalue weighted by atomic mass is 15.1. The molecule has 4 rings (SSSR count). The lowest BCUT2D eigenvalue weighted by Crippen LogP contribution is -2.38. The van der Waals surface area contributed by atoms with Crippen molar-refractivity contribution in [2.24, 2.45) is 0 Å². The van der Waals surface area contributed by atoms with E-state index in [-0.39, 0.29) is 0 Å². The maximum atomic E-state index is 4.39. The molecule has 1 N–H and O–H groups in total. The Balaban J connectivity index is 1.21. The summed E-state index contributed by atoms with van der Waals surface area (Å²) in [5, 5.41) is 3.57. The van der Waals surface area contributed by atoms with E-state index in [1.807, 2.05) is 24.4 Å². The van der Waals surface area contributed by atoms with Crippen LogP contribution in [0.4, 0.5) is 5.82 Å². The lowest BCUT2D eigenvalue weighted by molar-refractivity contribution is 0.211. The monoisotopic (exact) mass is 402 g/mol. The van der Waals surface area contributed by atoms with Crippen LogP contribution in [0.25, 0.3) is 0 Å². The number of rotatable bonds is 6. The van der Waals surface area contributed by atoms with Gasteiger partial charge in [0.15, 0.2) is 0 Å². The number of hydrogen-bond donors (Lipinski definition) is 1. The molecule has 1 aromatic heterocycles. The van der Waals surface area contributed by atoms with Crippen LogP contribution < -0.4 is 5.32 Å². The van der Waals surface area contributed by atoms with Crippen molar-refractivity contribution in [3.63, 3.8) is 0 Å². The molecule has 0 unspecified atom stereocenters. The zero-order valence-electron chi connectivity index (χ0n) is 18.0. The van der Waals surface area contributed by atoms with Gasteiger partial charge in [-0.15, -0.1) is 0 Å². The van der Waals surface area contributed by atoms with Crippen molar-refractivity contribution < 1.29 is 0 Å². The summed E-state index contributed by atoms with van der Waals surface area (Å²) < 4.78 is 0. The van der Waals surface area contributed by atoms with E-state index in [9.17, 15) is 0 Å². The number of anilines is 1. The average Bonchev–Trinajstić information content (AvgIpc) is 2.80. The first-order valence-corrected chi connectivity index (χ1v) is 11.6. The minimum absolute atomic E-state index is 0.522. The number of nitrogens with one attached hydrogen (secondary N) is 1. The van der Waals surface area contributed by atoms with Gasteiger partial charge in [-0.25, -0.2) is 4.98 Å². The summed E-state index contributed by atoms with van der Waals surface area (Å²) in [4.78, 5) is 9.50. The van der Waals surface area contributed by atoms with E-state index in [0.29, 0.717) is 6.04 Å². The Kier molecular flexibility index (Phi) is 7.77. The van der Waals surface area contributed by atoms with E-state index in [1.54, 1.807) is 0 Å². The van der Waals surface area contributed by atoms with Crippen LogP contribution >= 0.6 is 0 Å². The van der Waals surface area contributed by atoms with Crippen molar-refractivity contribution in [3.8, 4) is 11.8 Å². The van der Waals surface area contributed by atoms with Gasteiger partial charge in [0.25, 0.3) is 0 Å². The normalized spacial score (nSPS) is 18.5. The van der Waals surface area contributed by atoms with Crippen LogP contribution in [0.3, 0.4) is 0 Å². The van der Waals surface area contributed by atoms with Crippen LogP contribution in [0.2, 0.25) is 0 Å². The lowest BCUT2D eigenvalue weighted by Gasteiger charge is -2.32. The molecule has 2 saturated heterocycles. The van der Waals surface area contributed by atoms with Crippen molar-refractivity contribution in [1.29, 1.82) is 0 Å². The first kappa shape index (κ1) is 20.9. The highest BCUT2D eigenvalue weighted by Crippen LogP contribution is 2.17. The van der Waals surface area contributed by atoms with Crippen LogP contribution in [0.15, 0.2) is 48.7 Å². The third kappa shape index (κ3) is 6.58. The van der Waals surface area contributed by atoms with Gasteiger partial charge in [-0.3, -0.25) is 4.90 Å². The van der Waals surface area contributed by atoms with Gasteiger partial charge < -0.3 is 10.2 Å². The van der Waals surface area contributed by atoms with Gasteiger partial charge in [0.05, 0.1) is 0 Å². The van der Waals surface area contributed by atoms with E-state index >= 15 is 0 Å². The van der Waals surface area contributed by atoms with Crippen molar-refractivity contribution in [2.45, 2.75) is 51.1 Å². The standard InChI is InChI=1S/C26H34N4/c1-5-16-29(17-6-1)18-7-3-9-23-10-8-11-24(21-23)22-30-19-13-25(14-20-30)28-26-12-2-4-15-27-26/h2,4,8,10-12,15,21,25H,1,5-7,13-14,16-20,22H2,(H,27,28). The van der Waals surface area contributed by atoms with Crippen molar-refractivity contribution in [2.75, 3.05) is 38.0 Å². The van der Waals surface area contributed by atoms with Crippen molar-refractivity contribution in [1.82, 2.24) is 14.8 Å². The maximum Gasteiger partial charge on any atom is 0.126 e. The van der Waals surface area contributed by atoms with Crippen LogP contribution in [0, 0.1) is 11.8 Å². The van der Waals surface area contributed by atoms with Crippen LogP contribution in [0.1, 0.15) is 49.7 Å². The fraction of sp³-hybridized carbons (Fsp3) is 0.500. The summed E-state index contributed by atoms with van der Waals surface area (Å²) >= 11 is 0. The molecule has 0 atom stereocenters. The zero-order valence-corrected chi connectivity index (χ0v) is 18.0. The lowest BCUT2D eigenvalue weighted by atomic mass is 10.0. The molecule has 2 aliphatic heterocycles. The van der Waals surface area contributed by atoms with Gasteiger partial charge >= 0.3 is 0 Å². The largest absolute Gasteiger partial charge is 0.367 e. The van der Waals surface area contributed by atoms with Crippen LogP contribution in [-0.4, -0.2) is 53.5 Å². The van der Waals surface area contributed by atoms with E-state index < -0.39 is 0 Å². The number of hydrogen-bond acceptors (Lipinski definition) is 4. The first-order chi connectivity index (χ1) is 14.8. The number of pyridine rings is 1. The molecule has 2 aliphatic rings. The first-order valence-electron chi connectivity index (χ1n) is 11.6. The zero-order chi connectivity index (χ0) is 20.4. The molecule has 4 heteroatoms. The number of benzene rings is 1. The van der Waals surface area contributed by atoms with Gasteiger partial charge in [0, 0.05) is 50.4 Å². The van der Waals surface area contributed by atoms with Crippen molar-refractivity contribution >= 4 is 5.82 Å². The Morgan fingerprint density at radius 1 is 0.933 bits per heavy atom. The number of piperidine rings is 2. The Labute approximate surface area is 181 Å². The van der Waals surface area contributed by atoms with Crippen LogP contribution in [-0.2, 0) is 6.54 Å². The summed E-state index contributed by atoms with van der Waals surface area (Å²) in [6, 6.07) is 15.4. The molecule has 0 amide bonds. The fourth-order valence-electron chi connectivity index (χ4n) is 4.46.